The third-order valence-electron chi connectivity index (χ3n) is 7.14. The van der Waals surface area contributed by atoms with E-state index in [0.29, 0.717) is 17.9 Å². The zero-order valence-electron chi connectivity index (χ0n) is 20.4. The van der Waals surface area contributed by atoms with Gasteiger partial charge >= 0.3 is 0 Å². The molecule has 2 aliphatic rings. The molecule has 1 aromatic heterocycles. The van der Waals surface area contributed by atoms with Gasteiger partial charge in [-0.25, -0.2) is 0 Å². The number of hydrogen-bond donors (Lipinski definition) is 0. The Bertz CT molecular complexity index is 930. The van der Waals surface area contributed by atoms with Crippen LogP contribution in [0.4, 0.5) is 0 Å². The summed E-state index contributed by atoms with van der Waals surface area (Å²) in [4.78, 5) is 30.8. The van der Waals surface area contributed by atoms with Crippen LogP contribution in [-0.2, 0) is 11.3 Å². The fourth-order valence-corrected chi connectivity index (χ4v) is 5.27. The van der Waals surface area contributed by atoms with Gasteiger partial charge in [0.05, 0.1) is 11.6 Å². The monoisotopic (exact) mass is 466 g/mol. The fraction of sp³-hybridized carbons (Fsp3) is 0.593. The number of para-hydroxylation sites is 1. The molecule has 0 bridgehead atoms. The van der Waals surface area contributed by atoms with Crippen LogP contribution in [0.25, 0.3) is 0 Å². The molecule has 7 heteroatoms. The lowest BCUT2D eigenvalue weighted by Crippen LogP contribution is -2.52. The van der Waals surface area contributed by atoms with Crippen molar-refractivity contribution in [3.05, 3.63) is 48.3 Å². The number of ether oxygens (including phenoxy) is 1. The van der Waals surface area contributed by atoms with E-state index in [1.807, 2.05) is 53.3 Å². The van der Waals surface area contributed by atoms with Crippen LogP contribution in [0.2, 0.25) is 0 Å². The molecular weight excluding hydrogens is 428 g/mol. The van der Waals surface area contributed by atoms with Crippen LogP contribution < -0.4 is 4.74 Å². The van der Waals surface area contributed by atoms with Crippen molar-refractivity contribution in [3.63, 3.8) is 0 Å². The second kappa shape index (κ2) is 12.0. The third kappa shape index (κ3) is 5.99. The molecule has 4 rings (SSSR count). The average molecular weight is 467 g/mol. The first-order chi connectivity index (χ1) is 16.7. The first kappa shape index (κ1) is 24.3. The number of aromatic nitrogens is 2. The van der Waals surface area contributed by atoms with Crippen molar-refractivity contribution in [1.82, 2.24) is 19.6 Å². The van der Waals surface area contributed by atoms with Crippen LogP contribution in [0.15, 0.2) is 42.7 Å². The van der Waals surface area contributed by atoms with Crippen LogP contribution in [0.3, 0.4) is 0 Å². The van der Waals surface area contributed by atoms with E-state index in [0.717, 1.165) is 70.9 Å². The SMILES string of the molecule is CCN1CCCCCCCN(C(=O)Cn2cccn2)[C@@H]2CCCC[C@@H]2Oc2ccccc2C1=O. The zero-order chi connectivity index (χ0) is 23.8. The lowest BCUT2D eigenvalue weighted by molar-refractivity contribution is -0.137. The number of hydrogen-bond acceptors (Lipinski definition) is 4. The van der Waals surface area contributed by atoms with Gasteiger partial charge in [0, 0.05) is 32.0 Å². The summed E-state index contributed by atoms with van der Waals surface area (Å²) < 4.78 is 8.29. The number of rotatable bonds is 3. The van der Waals surface area contributed by atoms with E-state index in [4.69, 9.17) is 4.74 Å². The summed E-state index contributed by atoms with van der Waals surface area (Å²) in [5.41, 5.74) is 0.623. The standard InChI is InChI=1S/C27H38N4O3/c1-2-29-18-10-4-3-5-11-20-31(26(32)21-30-19-12-17-28-30)23-14-7-9-16-25(23)34-24-15-8-6-13-22(24)27(29)33/h6,8,12-13,15,17,19,23,25H,2-5,7,9-11,14,16,18,20-21H2,1H3/t23-,25+/m1/s1. The maximum Gasteiger partial charge on any atom is 0.257 e. The highest BCUT2D eigenvalue weighted by Gasteiger charge is 2.35. The minimum atomic E-state index is -0.121. The molecule has 1 saturated carbocycles. The lowest BCUT2D eigenvalue weighted by atomic mass is 9.90. The number of nitrogens with zero attached hydrogens (tertiary/aromatic N) is 4. The van der Waals surface area contributed by atoms with E-state index >= 15 is 0 Å². The molecule has 0 radical (unpaired) electrons. The Kier molecular flexibility index (Phi) is 8.61. The van der Waals surface area contributed by atoms with E-state index in [2.05, 4.69) is 5.10 Å². The molecule has 2 atom stereocenters. The van der Waals surface area contributed by atoms with Crippen molar-refractivity contribution in [1.29, 1.82) is 0 Å². The van der Waals surface area contributed by atoms with Crippen molar-refractivity contribution < 1.29 is 14.3 Å². The number of amides is 2. The van der Waals surface area contributed by atoms with Crippen molar-refractivity contribution in [2.45, 2.75) is 83.4 Å². The molecule has 2 aromatic rings. The summed E-state index contributed by atoms with van der Waals surface area (Å²) in [6.07, 6.45) is 12.7. The van der Waals surface area contributed by atoms with Crippen molar-refractivity contribution >= 4 is 11.8 Å². The predicted octanol–water partition coefficient (Wildman–Crippen LogP) is 4.53. The molecular formula is C27H38N4O3. The van der Waals surface area contributed by atoms with Crippen LogP contribution in [-0.4, -0.2) is 63.2 Å². The van der Waals surface area contributed by atoms with Gasteiger partial charge in [0.1, 0.15) is 18.4 Å². The van der Waals surface area contributed by atoms with Gasteiger partial charge in [0.2, 0.25) is 5.91 Å². The van der Waals surface area contributed by atoms with E-state index in [-0.39, 0.29) is 30.5 Å². The molecule has 1 fully saturated rings. The highest BCUT2D eigenvalue weighted by molar-refractivity contribution is 5.97. The Labute approximate surface area is 203 Å². The van der Waals surface area contributed by atoms with Gasteiger partial charge in [-0.1, -0.05) is 37.8 Å². The van der Waals surface area contributed by atoms with E-state index < -0.39 is 0 Å². The third-order valence-corrected chi connectivity index (χ3v) is 7.14. The number of carbonyl (C=O) groups excluding carboxylic acids is 2. The van der Waals surface area contributed by atoms with Crippen LogP contribution in [0.1, 0.15) is 75.1 Å². The van der Waals surface area contributed by atoms with E-state index in [1.165, 1.54) is 0 Å². The van der Waals surface area contributed by atoms with Gasteiger partial charge in [0.15, 0.2) is 0 Å². The van der Waals surface area contributed by atoms with Gasteiger partial charge in [-0.05, 0) is 57.2 Å². The van der Waals surface area contributed by atoms with E-state index in [9.17, 15) is 9.59 Å². The molecule has 1 aliphatic heterocycles. The molecule has 7 nitrogen and oxygen atoms in total. The van der Waals surface area contributed by atoms with Crippen LogP contribution in [0.5, 0.6) is 5.75 Å². The van der Waals surface area contributed by atoms with Gasteiger partial charge < -0.3 is 14.5 Å². The molecule has 184 valence electrons. The largest absolute Gasteiger partial charge is 0.487 e. The second-order valence-corrected chi connectivity index (χ2v) is 9.45. The number of fused-ring (bicyclic) bond motifs is 2. The van der Waals surface area contributed by atoms with Crippen molar-refractivity contribution in [3.8, 4) is 5.75 Å². The summed E-state index contributed by atoms with van der Waals surface area (Å²) in [5, 5.41) is 4.24. The summed E-state index contributed by atoms with van der Waals surface area (Å²) >= 11 is 0. The van der Waals surface area contributed by atoms with Gasteiger partial charge in [-0.2, -0.15) is 5.10 Å². The first-order valence-electron chi connectivity index (χ1n) is 13.0. The Morgan fingerprint density at radius 3 is 2.56 bits per heavy atom. The van der Waals surface area contributed by atoms with Crippen molar-refractivity contribution in [2.24, 2.45) is 0 Å². The first-order valence-corrected chi connectivity index (χ1v) is 13.0. The predicted molar refractivity (Wildman–Crippen MR) is 132 cm³/mol. The van der Waals surface area contributed by atoms with Crippen LogP contribution in [0, 0.1) is 0 Å². The highest BCUT2D eigenvalue weighted by atomic mass is 16.5. The molecule has 0 N–H and O–H groups in total. The summed E-state index contributed by atoms with van der Waals surface area (Å²) in [5.74, 6) is 0.763. The average Bonchev–Trinajstić information content (AvgIpc) is 3.36. The Balaban J connectivity index is 1.62. The smallest absolute Gasteiger partial charge is 0.257 e. The van der Waals surface area contributed by atoms with E-state index in [1.54, 1.807) is 10.9 Å². The maximum absolute atomic E-state index is 13.4. The molecule has 0 unspecified atom stereocenters. The summed E-state index contributed by atoms with van der Waals surface area (Å²) in [7, 11) is 0. The maximum atomic E-state index is 13.4. The van der Waals surface area contributed by atoms with Crippen molar-refractivity contribution in [2.75, 3.05) is 19.6 Å². The fourth-order valence-electron chi connectivity index (χ4n) is 5.27. The quantitative estimate of drug-likeness (QED) is 0.667. The normalized spacial score (nSPS) is 22.7. The zero-order valence-corrected chi connectivity index (χ0v) is 20.4. The molecule has 2 heterocycles. The summed E-state index contributed by atoms with van der Waals surface area (Å²) in [6, 6.07) is 9.46. The second-order valence-electron chi connectivity index (χ2n) is 9.45. The molecule has 1 aliphatic carbocycles. The minimum absolute atomic E-state index is 0.00683. The van der Waals surface area contributed by atoms with Crippen LogP contribution >= 0.6 is 0 Å². The number of carbonyl (C=O) groups is 2. The molecule has 2 amide bonds. The van der Waals surface area contributed by atoms with Gasteiger partial charge in [-0.15, -0.1) is 0 Å². The minimum Gasteiger partial charge on any atom is -0.487 e. The Morgan fingerprint density at radius 1 is 1.00 bits per heavy atom. The molecule has 34 heavy (non-hydrogen) atoms. The Morgan fingerprint density at radius 2 is 1.76 bits per heavy atom. The van der Waals surface area contributed by atoms with Gasteiger partial charge in [-0.3, -0.25) is 14.3 Å². The topological polar surface area (TPSA) is 67.7 Å². The molecule has 1 aromatic carbocycles. The lowest BCUT2D eigenvalue weighted by Gasteiger charge is -2.40. The highest BCUT2D eigenvalue weighted by Crippen LogP contribution is 2.30. The molecule has 0 spiro atoms. The van der Waals surface area contributed by atoms with Gasteiger partial charge in [0.25, 0.3) is 5.91 Å². The number of benzene rings is 1. The molecule has 0 saturated heterocycles. The summed E-state index contributed by atoms with van der Waals surface area (Å²) in [6.45, 7) is 4.48. The Hall–Kier alpha value is -2.83.